The molecule has 1 radical (unpaired) electrons. The van der Waals surface area contributed by atoms with E-state index in [1.54, 1.807) is 0 Å². The Balaban J connectivity index is 1.99. The zero-order chi connectivity index (χ0) is 10.1. The molecular formula is C12H18NS. The van der Waals surface area contributed by atoms with Crippen molar-refractivity contribution in [2.45, 2.75) is 31.1 Å². The predicted octanol–water partition coefficient (Wildman–Crippen LogP) is 3.53. The van der Waals surface area contributed by atoms with Gasteiger partial charge < -0.3 is 0 Å². The minimum atomic E-state index is 0.897. The first-order valence-corrected chi connectivity index (χ1v) is 6.23. The standard InChI is InChI=1S/C12H18NS/c1-2-3-7-10-13-11-14-12-8-5-4-6-9-12/h4-6,8-9H,2-3,7,10-11H2,1H3. The summed E-state index contributed by atoms with van der Waals surface area (Å²) < 4.78 is 0. The van der Waals surface area contributed by atoms with Crippen LogP contribution in [0.15, 0.2) is 35.2 Å². The molecule has 0 unspecified atom stereocenters. The van der Waals surface area contributed by atoms with Crippen molar-refractivity contribution in [3.05, 3.63) is 30.3 Å². The van der Waals surface area contributed by atoms with Gasteiger partial charge in [0.1, 0.15) is 0 Å². The summed E-state index contributed by atoms with van der Waals surface area (Å²) in [7, 11) is 0. The van der Waals surface area contributed by atoms with Crippen LogP contribution in [-0.4, -0.2) is 12.4 Å². The van der Waals surface area contributed by atoms with Gasteiger partial charge in [-0.1, -0.05) is 38.0 Å². The van der Waals surface area contributed by atoms with Crippen LogP contribution in [0.1, 0.15) is 26.2 Å². The van der Waals surface area contributed by atoms with Crippen molar-refractivity contribution in [3.63, 3.8) is 0 Å². The molecule has 0 aliphatic carbocycles. The lowest BCUT2D eigenvalue weighted by atomic mass is 10.2. The molecule has 14 heavy (non-hydrogen) atoms. The van der Waals surface area contributed by atoms with Gasteiger partial charge in [-0.3, -0.25) is 0 Å². The fourth-order valence-electron chi connectivity index (χ4n) is 1.18. The summed E-state index contributed by atoms with van der Waals surface area (Å²) in [5.74, 6) is 0.897. The Morgan fingerprint density at radius 3 is 2.64 bits per heavy atom. The third-order valence-corrected chi connectivity index (χ3v) is 2.90. The first-order valence-electron chi connectivity index (χ1n) is 5.24. The van der Waals surface area contributed by atoms with Gasteiger partial charge in [-0.25, -0.2) is 5.32 Å². The number of rotatable bonds is 7. The van der Waals surface area contributed by atoms with Crippen LogP contribution in [0.3, 0.4) is 0 Å². The maximum absolute atomic E-state index is 4.47. The lowest BCUT2D eigenvalue weighted by molar-refractivity contribution is 0.652. The molecule has 1 nitrogen and oxygen atoms in total. The topological polar surface area (TPSA) is 14.1 Å². The number of benzene rings is 1. The van der Waals surface area contributed by atoms with E-state index in [1.807, 2.05) is 17.8 Å². The third kappa shape index (κ3) is 5.30. The third-order valence-electron chi connectivity index (χ3n) is 1.99. The van der Waals surface area contributed by atoms with E-state index in [0.29, 0.717) is 0 Å². The van der Waals surface area contributed by atoms with Crippen LogP contribution in [0.4, 0.5) is 0 Å². The Hall–Kier alpha value is -0.470. The fraction of sp³-hybridized carbons (Fsp3) is 0.500. The Labute approximate surface area is 91.3 Å². The van der Waals surface area contributed by atoms with Crippen molar-refractivity contribution in [3.8, 4) is 0 Å². The van der Waals surface area contributed by atoms with Crippen LogP contribution in [0.25, 0.3) is 0 Å². The van der Waals surface area contributed by atoms with Crippen LogP contribution in [-0.2, 0) is 0 Å². The van der Waals surface area contributed by atoms with Gasteiger partial charge in [0.15, 0.2) is 0 Å². The summed E-state index contributed by atoms with van der Waals surface area (Å²) in [6.45, 7) is 3.24. The molecule has 0 heterocycles. The van der Waals surface area contributed by atoms with E-state index in [2.05, 4.69) is 36.5 Å². The quantitative estimate of drug-likeness (QED) is 0.494. The van der Waals surface area contributed by atoms with E-state index in [4.69, 9.17) is 0 Å². The second-order valence-corrected chi connectivity index (χ2v) is 4.26. The van der Waals surface area contributed by atoms with E-state index in [0.717, 1.165) is 12.4 Å². The van der Waals surface area contributed by atoms with Crippen LogP contribution < -0.4 is 5.32 Å². The normalized spacial score (nSPS) is 10.4. The maximum atomic E-state index is 4.47. The van der Waals surface area contributed by atoms with Crippen molar-refractivity contribution < 1.29 is 0 Å². The van der Waals surface area contributed by atoms with Crippen molar-refractivity contribution in [1.29, 1.82) is 0 Å². The molecule has 0 aliphatic heterocycles. The van der Waals surface area contributed by atoms with Gasteiger partial charge in [0, 0.05) is 11.4 Å². The largest absolute Gasteiger partial charge is 0.231 e. The van der Waals surface area contributed by atoms with Crippen LogP contribution >= 0.6 is 11.8 Å². The second-order valence-electron chi connectivity index (χ2n) is 3.24. The molecule has 1 rings (SSSR count). The van der Waals surface area contributed by atoms with Crippen LogP contribution in [0, 0.1) is 0 Å². The minimum absolute atomic E-state index is 0.897. The number of unbranched alkanes of at least 4 members (excludes halogenated alkanes) is 2. The van der Waals surface area contributed by atoms with E-state index < -0.39 is 0 Å². The molecule has 0 saturated carbocycles. The van der Waals surface area contributed by atoms with Crippen LogP contribution in [0.2, 0.25) is 0 Å². The van der Waals surface area contributed by atoms with Crippen molar-refractivity contribution in [2.24, 2.45) is 0 Å². The number of nitrogens with zero attached hydrogens (tertiary/aromatic N) is 1. The van der Waals surface area contributed by atoms with E-state index in [9.17, 15) is 0 Å². The molecule has 1 aromatic rings. The zero-order valence-corrected chi connectivity index (χ0v) is 9.59. The smallest absolute Gasteiger partial charge is 0.0637 e. The second kappa shape index (κ2) is 7.89. The molecule has 0 spiro atoms. The summed E-state index contributed by atoms with van der Waals surface area (Å²) in [6, 6.07) is 10.4. The average molecular weight is 208 g/mol. The average Bonchev–Trinajstić information content (AvgIpc) is 2.25. The van der Waals surface area contributed by atoms with E-state index in [1.165, 1.54) is 24.2 Å². The van der Waals surface area contributed by atoms with Crippen molar-refractivity contribution in [1.82, 2.24) is 5.32 Å². The van der Waals surface area contributed by atoms with Crippen molar-refractivity contribution in [2.75, 3.05) is 12.4 Å². The molecule has 0 bridgehead atoms. The lowest BCUT2D eigenvalue weighted by Gasteiger charge is -2.01. The molecule has 0 N–H and O–H groups in total. The van der Waals surface area contributed by atoms with Crippen LogP contribution in [0.5, 0.6) is 0 Å². The first kappa shape index (κ1) is 11.6. The van der Waals surface area contributed by atoms with Gasteiger partial charge in [0.2, 0.25) is 0 Å². The van der Waals surface area contributed by atoms with Crippen molar-refractivity contribution >= 4 is 11.8 Å². The Bertz CT molecular complexity index is 223. The Morgan fingerprint density at radius 1 is 1.14 bits per heavy atom. The van der Waals surface area contributed by atoms with Gasteiger partial charge >= 0.3 is 0 Å². The fourth-order valence-corrected chi connectivity index (χ4v) is 1.89. The van der Waals surface area contributed by atoms with Gasteiger partial charge in [-0.05, 0) is 18.6 Å². The molecule has 0 amide bonds. The Kier molecular flexibility index (Phi) is 6.54. The van der Waals surface area contributed by atoms with Gasteiger partial charge in [0.05, 0.1) is 5.88 Å². The minimum Gasteiger partial charge on any atom is -0.231 e. The molecule has 77 valence electrons. The molecule has 0 aromatic heterocycles. The molecule has 0 fully saturated rings. The highest BCUT2D eigenvalue weighted by molar-refractivity contribution is 7.99. The summed E-state index contributed by atoms with van der Waals surface area (Å²) in [4.78, 5) is 1.31. The van der Waals surface area contributed by atoms with E-state index >= 15 is 0 Å². The van der Waals surface area contributed by atoms with Gasteiger partial charge in [-0.15, -0.1) is 11.8 Å². The van der Waals surface area contributed by atoms with E-state index in [-0.39, 0.29) is 0 Å². The molecule has 2 heteroatoms. The predicted molar refractivity (Wildman–Crippen MR) is 63.7 cm³/mol. The first-order chi connectivity index (χ1) is 6.93. The highest BCUT2D eigenvalue weighted by Crippen LogP contribution is 2.15. The SMILES string of the molecule is CCCCC[N]CSc1ccccc1. The van der Waals surface area contributed by atoms with Gasteiger partial charge in [0.25, 0.3) is 0 Å². The number of hydrogen-bond acceptors (Lipinski definition) is 1. The molecule has 0 saturated heterocycles. The highest BCUT2D eigenvalue weighted by atomic mass is 32.2. The lowest BCUT2D eigenvalue weighted by Crippen LogP contribution is -2.05. The monoisotopic (exact) mass is 208 g/mol. The number of hydrogen-bond donors (Lipinski definition) is 0. The maximum Gasteiger partial charge on any atom is 0.0637 e. The molecule has 0 atom stereocenters. The molecular weight excluding hydrogens is 190 g/mol. The number of thioether (sulfide) groups is 1. The highest BCUT2D eigenvalue weighted by Gasteiger charge is 1.92. The summed E-state index contributed by atoms with van der Waals surface area (Å²) in [5.41, 5.74) is 0. The molecule has 1 aromatic carbocycles. The molecule has 0 aliphatic rings. The van der Waals surface area contributed by atoms with Gasteiger partial charge in [-0.2, -0.15) is 0 Å². The zero-order valence-electron chi connectivity index (χ0n) is 8.78. The summed E-state index contributed by atoms with van der Waals surface area (Å²) in [5, 5.41) is 4.47. The Morgan fingerprint density at radius 2 is 1.93 bits per heavy atom. The summed E-state index contributed by atoms with van der Waals surface area (Å²) >= 11 is 1.81. The summed E-state index contributed by atoms with van der Waals surface area (Å²) in [6.07, 6.45) is 3.83.